The third kappa shape index (κ3) is 4.26. The summed E-state index contributed by atoms with van der Waals surface area (Å²) in [5.41, 5.74) is 1.30. The monoisotopic (exact) mass is 267 g/mol. The maximum atomic E-state index is 11.9. The number of carbonyl (C=O) groups is 2. The minimum atomic E-state index is -1.47. The number of hydrogen-bond donors (Lipinski definition) is 3. The molecular formula is C13H17NO5. The molecule has 0 fully saturated rings. The molecule has 1 atom stereocenters. The molecule has 19 heavy (non-hydrogen) atoms. The van der Waals surface area contributed by atoms with Crippen LogP contribution in [-0.4, -0.2) is 41.8 Å². The maximum Gasteiger partial charge on any atom is 0.332 e. The predicted octanol–water partition coefficient (Wildman–Crippen LogP) is 0.569. The highest BCUT2D eigenvalue weighted by Gasteiger charge is 2.15. The van der Waals surface area contributed by atoms with Crippen LogP contribution in [-0.2, 0) is 4.79 Å². The fourth-order valence-corrected chi connectivity index (χ4v) is 1.54. The van der Waals surface area contributed by atoms with E-state index < -0.39 is 12.1 Å². The van der Waals surface area contributed by atoms with E-state index in [0.29, 0.717) is 11.3 Å². The molecule has 0 saturated heterocycles. The minimum absolute atomic E-state index is 0.0464. The highest BCUT2D eigenvalue weighted by atomic mass is 16.5. The highest BCUT2D eigenvalue weighted by molar-refractivity contribution is 5.97. The molecule has 1 amide bonds. The number of aliphatic hydroxyl groups excluding tert-OH is 1. The van der Waals surface area contributed by atoms with Crippen LogP contribution in [0, 0.1) is 6.92 Å². The van der Waals surface area contributed by atoms with Crippen molar-refractivity contribution in [2.75, 3.05) is 13.7 Å². The van der Waals surface area contributed by atoms with Gasteiger partial charge in [0.1, 0.15) is 5.75 Å². The zero-order valence-electron chi connectivity index (χ0n) is 10.8. The first-order valence-electron chi connectivity index (χ1n) is 5.79. The second-order valence-electron chi connectivity index (χ2n) is 4.10. The first kappa shape index (κ1) is 15.0. The average Bonchev–Trinajstić information content (AvgIpc) is 2.38. The molecule has 1 aromatic rings. The van der Waals surface area contributed by atoms with Crippen LogP contribution < -0.4 is 10.1 Å². The molecule has 0 bridgehead atoms. The topological polar surface area (TPSA) is 95.9 Å². The fourth-order valence-electron chi connectivity index (χ4n) is 1.54. The van der Waals surface area contributed by atoms with Crippen molar-refractivity contribution in [1.82, 2.24) is 5.32 Å². The van der Waals surface area contributed by atoms with Gasteiger partial charge in [0, 0.05) is 13.0 Å². The molecule has 6 nitrogen and oxygen atoms in total. The SMILES string of the molecule is COc1ccc(C)cc1C(=O)NCCC(O)C(=O)O. The molecule has 1 aromatic carbocycles. The molecular weight excluding hydrogens is 250 g/mol. The molecule has 0 aliphatic heterocycles. The smallest absolute Gasteiger partial charge is 0.332 e. The third-order valence-corrected chi connectivity index (χ3v) is 2.59. The summed E-state index contributed by atoms with van der Waals surface area (Å²) in [7, 11) is 1.47. The quantitative estimate of drug-likeness (QED) is 0.700. The van der Waals surface area contributed by atoms with E-state index in [1.165, 1.54) is 7.11 Å². The number of rotatable bonds is 6. The van der Waals surface area contributed by atoms with Crippen LogP contribution in [0.4, 0.5) is 0 Å². The summed E-state index contributed by atoms with van der Waals surface area (Å²) in [4.78, 5) is 22.3. The lowest BCUT2D eigenvalue weighted by Gasteiger charge is -2.11. The highest BCUT2D eigenvalue weighted by Crippen LogP contribution is 2.19. The van der Waals surface area contributed by atoms with Gasteiger partial charge in [0.15, 0.2) is 6.10 Å². The van der Waals surface area contributed by atoms with Gasteiger partial charge in [-0.05, 0) is 19.1 Å². The number of aryl methyl sites for hydroxylation is 1. The Hall–Kier alpha value is -2.08. The fraction of sp³-hybridized carbons (Fsp3) is 0.385. The predicted molar refractivity (Wildman–Crippen MR) is 68.3 cm³/mol. The van der Waals surface area contributed by atoms with Crippen molar-refractivity contribution in [3.05, 3.63) is 29.3 Å². The maximum absolute atomic E-state index is 11.9. The number of amides is 1. The first-order valence-corrected chi connectivity index (χ1v) is 5.79. The van der Waals surface area contributed by atoms with Crippen LogP contribution in [0.25, 0.3) is 0 Å². The van der Waals surface area contributed by atoms with Gasteiger partial charge in [0.2, 0.25) is 0 Å². The van der Waals surface area contributed by atoms with E-state index in [2.05, 4.69) is 5.32 Å². The van der Waals surface area contributed by atoms with Crippen molar-refractivity contribution >= 4 is 11.9 Å². The van der Waals surface area contributed by atoms with Gasteiger partial charge in [-0.2, -0.15) is 0 Å². The number of carboxylic acid groups (broad SMARTS) is 1. The molecule has 104 valence electrons. The minimum Gasteiger partial charge on any atom is -0.496 e. The van der Waals surface area contributed by atoms with Gasteiger partial charge < -0.3 is 20.3 Å². The molecule has 1 unspecified atom stereocenters. The summed E-state index contributed by atoms with van der Waals surface area (Å²) in [5, 5.41) is 20.1. The summed E-state index contributed by atoms with van der Waals surface area (Å²) in [6.45, 7) is 1.92. The van der Waals surface area contributed by atoms with Gasteiger partial charge >= 0.3 is 5.97 Å². The molecule has 0 radical (unpaired) electrons. The lowest BCUT2D eigenvalue weighted by molar-refractivity contribution is -0.146. The second-order valence-corrected chi connectivity index (χ2v) is 4.10. The van der Waals surface area contributed by atoms with Crippen LogP contribution in [0.1, 0.15) is 22.3 Å². The Kier molecular flexibility index (Phi) is 5.32. The van der Waals surface area contributed by atoms with Crippen molar-refractivity contribution in [3.8, 4) is 5.75 Å². The lowest BCUT2D eigenvalue weighted by atomic mass is 10.1. The standard InChI is InChI=1S/C13H17NO5/c1-8-3-4-11(19-2)9(7-8)12(16)14-6-5-10(15)13(17)18/h3-4,7,10,15H,5-6H2,1-2H3,(H,14,16)(H,17,18). The average molecular weight is 267 g/mol. The Balaban J connectivity index is 2.63. The molecule has 0 aliphatic carbocycles. The van der Waals surface area contributed by atoms with Gasteiger partial charge in [0.05, 0.1) is 12.7 Å². The van der Waals surface area contributed by atoms with E-state index in [4.69, 9.17) is 14.9 Å². The number of carbonyl (C=O) groups excluding carboxylic acids is 1. The van der Waals surface area contributed by atoms with Crippen LogP contribution in [0.2, 0.25) is 0 Å². The number of carboxylic acids is 1. The molecule has 0 heterocycles. The van der Waals surface area contributed by atoms with Gasteiger partial charge in [0.25, 0.3) is 5.91 Å². The number of benzene rings is 1. The number of methoxy groups -OCH3 is 1. The molecule has 3 N–H and O–H groups in total. The Morgan fingerprint density at radius 3 is 2.68 bits per heavy atom. The Labute approximate surface area is 111 Å². The number of aliphatic carboxylic acids is 1. The van der Waals surface area contributed by atoms with E-state index >= 15 is 0 Å². The third-order valence-electron chi connectivity index (χ3n) is 2.59. The summed E-state index contributed by atoms with van der Waals surface area (Å²) >= 11 is 0. The van der Waals surface area contributed by atoms with Crippen molar-refractivity contribution < 1.29 is 24.5 Å². The van der Waals surface area contributed by atoms with E-state index in [1.54, 1.807) is 12.1 Å². The zero-order chi connectivity index (χ0) is 14.4. The van der Waals surface area contributed by atoms with Gasteiger partial charge in [-0.25, -0.2) is 4.79 Å². The summed E-state index contributed by atoms with van der Waals surface area (Å²) in [5.74, 6) is -1.22. The van der Waals surface area contributed by atoms with Crippen molar-refractivity contribution in [2.45, 2.75) is 19.4 Å². The van der Waals surface area contributed by atoms with Gasteiger partial charge in [-0.1, -0.05) is 11.6 Å². The largest absolute Gasteiger partial charge is 0.496 e. The van der Waals surface area contributed by atoms with E-state index in [9.17, 15) is 9.59 Å². The lowest BCUT2D eigenvalue weighted by Crippen LogP contribution is -2.30. The molecule has 0 spiro atoms. The van der Waals surface area contributed by atoms with Crippen LogP contribution in [0.3, 0.4) is 0 Å². The zero-order valence-corrected chi connectivity index (χ0v) is 10.8. The molecule has 0 saturated carbocycles. The first-order chi connectivity index (χ1) is 8.95. The van der Waals surface area contributed by atoms with Crippen molar-refractivity contribution in [1.29, 1.82) is 0 Å². The number of aliphatic hydroxyl groups is 1. The van der Waals surface area contributed by atoms with E-state index in [1.807, 2.05) is 13.0 Å². The Morgan fingerprint density at radius 2 is 2.11 bits per heavy atom. The molecule has 6 heteroatoms. The molecule has 0 aromatic heterocycles. The molecule has 0 aliphatic rings. The number of ether oxygens (including phenoxy) is 1. The number of hydrogen-bond acceptors (Lipinski definition) is 4. The summed E-state index contributed by atoms with van der Waals surface area (Å²) in [6.07, 6.45) is -1.52. The van der Waals surface area contributed by atoms with Gasteiger partial charge in [-0.15, -0.1) is 0 Å². The number of nitrogens with one attached hydrogen (secondary N) is 1. The summed E-state index contributed by atoms with van der Waals surface area (Å²) < 4.78 is 5.08. The molecule has 1 rings (SSSR count). The van der Waals surface area contributed by atoms with Crippen LogP contribution in [0.15, 0.2) is 18.2 Å². The summed E-state index contributed by atoms with van der Waals surface area (Å²) in [6, 6.07) is 5.20. The van der Waals surface area contributed by atoms with Crippen LogP contribution in [0.5, 0.6) is 5.75 Å². The van der Waals surface area contributed by atoms with E-state index in [-0.39, 0.29) is 18.9 Å². The van der Waals surface area contributed by atoms with Crippen molar-refractivity contribution in [2.24, 2.45) is 0 Å². The second kappa shape index (κ2) is 6.75. The van der Waals surface area contributed by atoms with Gasteiger partial charge in [-0.3, -0.25) is 4.79 Å². The van der Waals surface area contributed by atoms with E-state index in [0.717, 1.165) is 5.56 Å². The Morgan fingerprint density at radius 1 is 1.42 bits per heavy atom. The normalized spacial score (nSPS) is 11.7. The Bertz CT molecular complexity index is 472. The van der Waals surface area contributed by atoms with Crippen LogP contribution >= 0.6 is 0 Å². The van der Waals surface area contributed by atoms with Crippen molar-refractivity contribution in [3.63, 3.8) is 0 Å².